The highest BCUT2D eigenvalue weighted by Gasteiger charge is 2.23. The van der Waals surface area contributed by atoms with Gasteiger partial charge >= 0.3 is 5.97 Å². The smallest absolute Gasteiger partial charge is 0.341 e. The van der Waals surface area contributed by atoms with E-state index in [1.54, 1.807) is 12.1 Å². The van der Waals surface area contributed by atoms with Crippen LogP contribution in [0.1, 0.15) is 46.6 Å². The van der Waals surface area contributed by atoms with E-state index < -0.39 is 5.97 Å². The lowest BCUT2D eigenvalue weighted by Crippen LogP contribution is -2.36. The van der Waals surface area contributed by atoms with Gasteiger partial charge in [0.2, 0.25) is 0 Å². The summed E-state index contributed by atoms with van der Waals surface area (Å²) in [5.41, 5.74) is 6.59. The van der Waals surface area contributed by atoms with Gasteiger partial charge in [0.1, 0.15) is 18.1 Å². The molecule has 5 rings (SSSR count). The number of aryl methyl sites for hydroxylation is 1. The summed E-state index contributed by atoms with van der Waals surface area (Å²) in [5.74, 6) is 7.54. The molecule has 3 aromatic rings. The first kappa shape index (κ1) is 27.5. The molecule has 2 fully saturated rings. The highest BCUT2D eigenvalue weighted by atomic mass is 16.5. The molecule has 0 aromatic heterocycles. The van der Waals surface area contributed by atoms with Crippen molar-refractivity contribution in [2.24, 2.45) is 0 Å². The molecule has 6 heteroatoms. The number of nitrogens with zero attached hydrogens (tertiary/aromatic N) is 1. The maximum Gasteiger partial charge on any atom is 0.341 e. The number of benzene rings is 3. The lowest BCUT2D eigenvalue weighted by atomic mass is 9.95. The average molecular weight is 538 g/mol. The van der Waals surface area contributed by atoms with Gasteiger partial charge in [-0.05, 0) is 89.9 Å². The second kappa shape index (κ2) is 13.3. The molecular formula is C34H35NO5. The minimum Gasteiger partial charge on any atom is -0.489 e. The SMILES string of the molecule is Cc1cc(OC/C=C(\c2ccc(C#CCN3CCOCC3)cc2)c2ccc(C3CC3)cc2)ccc1OCC(=O)O. The fourth-order valence-electron chi connectivity index (χ4n) is 4.73. The lowest BCUT2D eigenvalue weighted by molar-refractivity contribution is -0.139. The van der Waals surface area contributed by atoms with Gasteiger partial charge in [0.05, 0.1) is 19.8 Å². The molecule has 1 saturated carbocycles. The summed E-state index contributed by atoms with van der Waals surface area (Å²) in [6.07, 6.45) is 4.67. The molecule has 0 spiro atoms. The highest BCUT2D eigenvalue weighted by Crippen LogP contribution is 2.40. The van der Waals surface area contributed by atoms with Crippen molar-refractivity contribution in [1.82, 2.24) is 4.90 Å². The van der Waals surface area contributed by atoms with Crippen molar-refractivity contribution in [3.8, 4) is 23.3 Å². The number of rotatable bonds is 10. The molecule has 0 amide bonds. The lowest BCUT2D eigenvalue weighted by Gasteiger charge is -2.24. The number of carboxylic acid groups (broad SMARTS) is 1. The number of carboxylic acids is 1. The summed E-state index contributed by atoms with van der Waals surface area (Å²) >= 11 is 0. The van der Waals surface area contributed by atoms with Crippen LogP contribution in [-0.2, 0) is 9.53 Å². The molecule has 1 N–H and O–H groups in total. The normalized spacial score (nSPS) is 15.7. The molecule has 1 aliphatic carbocycles. The van der Waals surface area contributed by atoms with E-state index >= 15 is 0 Å². The largest absolute Gasteiger partial charge is 0.489 e. The predicted octanol–water partition coefficient (Wildman–Crippen LogP) is 5.53. The number of hydrogen-bond donors (Lipinski definition) is 1. The molecule has 1 heterocycles. The van der Waals surface area contributed by atoms with Crippen LogP contribution in [0.25, 0.3) is 5.57 Å². The Bertz CT molecular complexity index is 1390. The minimum absolute atomic E-state index is 0.370. The summed E-state index contributed by atoms with van der Waals surface area (Å²) in [6.45, 7) is 6.08. The zero-order valence-electron chi connectivity index (χ0n) is 22.9. The van der Waals surface area contributed by atoms with Crippen molar-refractivity contribution >= 4 is 11.5 Å². The Balaban J connectivity index is 1.29. The number of carbonyl (C=O) groups is 1. The van der Waals surface area contributed by atoms with E-state index in [1.165, 1.54) is 18.4 Å². The van der Waals surface area contributed by atoms with Gasteiger partial charge in [-0.1, -0.05) is 48.2 Å². The first-order valence-electron chi connectivity index (χ1n) is 13.8. The maximum atomic E-state index is 10.8. The van der Waals surface area contributed by atoms with Gasteiger partial charge in [-0.2, -0.15) is 0 Å². The maximum absolute atomic E-state index is 10.8. The van der Waals surface area contributed by atoms with Gasteiger partial charge in [-0.15, -0.1) is 0 Å². The van der Waals surface area contributed by atoms with Crippen LogP contribution in [0.4, 0.5) is 0 Å². The summed E-state index contributed by atoms with van der Waals surface area (Å²) in [4.78, 5) is 13.1. The molecular weight excluding hydrogens is 502 g/mol. The van der Waals surface area contributed by atoms with Gasteiger partial charge in [0.15, 0.2) is 6.61 Å². The summed E-state index contributed by atoms with van der Waals surface area (Å²) in [5, 5.41) is 8.86. The van der Waals surface area contributed by atoms with Crippen molar-refractivity contribution in [3.63, 3.8) is 0 Å². The van der Waals surface area contributed by atoms with Crippen molar-refractivity contribution in [2.45, 2.75) is 25.7 Å². The van der Waals surface area contributed by atoms with Crippen LogP contribution in [-0.4, -0.2) is 62.0 Å². The van der Waals surface area contributed by atoms with E-state index in [0.29, 0.717) is 24.0 Å². The molecule has 2 aliphatic rings. The van der Waals surface area contributed by atoms with Crippen LogP contribution in [0.3, 0.4) is 0 Å². The molecule has 1 saturated heterocycles. The zero-order chi connectivity index (χ0) is 27.7. The molecule has 0 radical (unpaired) electrons. The predicted molar refractivity (Wildman–Crippen MR) is 156 cm³/mol. The second-order valence-corrected chi connectivity index (χ2v) is 10.2. The molecule has 3 aromatic carbocycles. The van der Waals surface area contributed by atoms with Gasteiger partial charge in [0, 0.05) is 18.7 Å². The fourth-order valence-corrected chi connectivity index (χ4v) is 4.73. The van der Waals surface area contributed by atoms with Crippen LogP contribution in [0, 0.1) is 18.8 Å². The Kier molecular flexibility index (Phi) is 9.18. The molecule has 206 valence electrons. The number of aliphatic carboxylic acids is 1. The van der Waals surface area contributed by atoms with E-state index in [0.717, 1.165) is 60.7 Å². The monoisotopic (exact) mass is 537 g/mol. The van der Waals surface area contributed by atoms with E-state index in [2.05, 4.69) is 71.3 Å². The van der Waals surface area contributed by atoms with Crippen molar-refractivity contribution < 1.29 is 24.1 Å². The van der Waals surface area contributed by atoms with Gasteiger partial charge in [-0.3, -0.25) is 4.90 Å². The van der Waals surface area contributed by atoms with E-state index in [1.807, 2.05) is 13.0 Å². The van der Waals surface area contributed by atoms with E-state index in [4.69, 9.17) is 19.3 Å². The van der Waals surface area contributed by atoms with Crippen LogP contribution in [0.2, 0.25) is 0 Å². The quantitative estimate of drug-likeness (QED) is 0.343. The van der Waals surface area contributed by atoms with Gasteiger partial charge in [0.25, 0.3) is 0 Å². The third-order valence-corrected chi connectivity index (χ3v) is 7.14. The number of hydrogen-bond acceptors (Lipinski definition) is 5. The second-order valence-electron chi connectivity index (χ2n) is 10.2. The van der Waals surface area contributed by atoms with Crippen molar-refractivity contribution in [3.05, 3.63) is 101 Å². The molecule has 40 heavy (non-hydrogen) atoms. The number of ether oxygens (including phenoxy) is 3. The van der Waals surface area contributed by atoms with Crippen LogP contribution in [0.5, 0.6) is 11.5 Å². The third-order valence-electron chi connectivity index (χ3n) is 7.14. The van der Waals surface area contributed by atoms with Crippen LogP contribution in [0.15, 0.2) is 72.8 Å². The third kappa shape index (κ3) is 7.75. The Hall–Kier alpha value is -4.05. The fraction of sp³-hybridized carbons (Fsp3) is 0.324. The summed E-state index contributed by atoms with van der Waals surface area (Å²) in [7, 11) is 0. The zero-order valence-corrected chi connectivity index (χ0v) is 22.9. The van der Waals surface area contributed by atoms with Crippen molar-refractivity contribution in [1.29, 1.82) is 0 Å². The summed E-state index contributed by atoms with van der Waals surface area (Å²) in [6, 6.07) is 22.7. The Morgan fingerprint density at radius 2 is 1.70 bits per heavy atom. The standard InChI is InChI=1S/C34H35NO5/c1-25-23-31(14-15-33(25)40-24-34(36)37)39-20-16-32(30-12-10-28(11-13-30)27-8-9-27)29-6-4-26(5-7-29)3-2-17-35-18-21-38-22-19-35/h4-7,10-16,23,27H,8-9,17-22,24H2,1H3,(H,36,37)/b32-16+. The molecule has 0 bridgehead atoms. The van der Waals surface area contributed by atoms with Gasteiger partial charge < -0.3 is 19.3 Å². The number of morpholine rings is 1. The van der Waals surface area contributed by atoms with Gasteiger partial charge in [-0.25, -0.2) is 4.79 Å². The average Bonchev–Trinajstić information content (AvgIpc) is 3.82. The minimum atomic E-state index is -1.00. The van der Waals surface area contributed by atoms with Crippen molar-refractivity contribution in [2.75, 3.05) is 46.1 Å². The topological polar surface area (TPSA) is 68.2 Å². The molecule has 0 unspecified atom stereocenters. The first-order valence-corrected chi connectivity index (χ1v) is 13.8. The Labute approximate surface area is 236 Å². The molecule has 1 aliphatic heterocycles. The Morgan fingerprint density at radius 3 is 2.35 bits per heavy atom. The molecule has 0 atom stereocenters. The Morgan fingerprint density at radius 1 is 1.00 bits per heavy atom. The van der Waals surface area contributed by atoms with Crippen LogP contribution >= 0.6 is 0 Å². The summed E-state index contributed by atoms with van der Waals surface area (Å²) < 4.78 is 16.8. The van der Waals surface area contributed by atoms with E-state index in [-0.39, 0.29) is 6.61 Å². The first-order chi connectivity index (χ1) is 19.5. The van der Waals surface area contributed by atoms with Crippen LogP contribution < -0.4 is 9.47 Å². The molecule has 6 nitrogen and oxygen atoms in total. The highest BCUT2D eigenvalue weighted by molar-refractivity contribution is 5.80. The van der Waals surface area contributed by atoms with E-state index in [9.17, 15) is 4.79 Å².